The third-order valence-electron chi connectivity index (χ3n) is 3.46. The third kappa shape index (κ3) is 4.77. The molecule has 3 heteroatoms. The molecule has 3 N–H and O–H groups in total. The number of benzene rings is 1. The molecular weight excluding hydrogens is 226 g/mol. The zero-order chi connectivity index (χ0) is 12.8. The molecular formula is C15H23NO2. The van der Waals surface area contributed by atoms with Gasteiger partial charge in [-0.15, -0.1) is 0 Å². The summed E-state index contributed by atoms with van der Waals surface area (Å²) in [4.78, 5) is 0. The topological polar surface area (TPSA) is 55.5 Å². The van der Waals surface area contributed by atoms with Crippen LogP contribution in [0, 0.1) is 5.92 Å². The van der Waals surface area contributed by atoms with E-state index < -0.39 is 6.10 Å². The summed E-state index contributed by atoms with van der Waals surface area (Å²) in [6.07, 6.45) is 3.93. The zero-order valence-corrected chi connectivity index (χ0v) is 10.8. The van der Waals surface area contributed by atoms with Crippen molar-refractivity contribution in [1.82, 2.24) is 0 Å². The van der Waals surface area contributed by atoms with Crippen molar-refractivity contribution in [3.63, 3.8) is 0 Å². The SMILES string of the molecule is NC(Cc1ccccc1)C(O)COCCC1CC1. The van der Waals surface area contributed by atoms with Gasteiger partial charge in [-0.25, -0.2) is 0 Å². The first-order valence-corrected chi connectivity index (χ1v) is 6.81. The van der Waals surface area contributed by atoms with Gasteiger partial charge in [0.2, 0.25) is 0 Å². The monoisotopic (exact) mass is 249 g/mol. The van der Waals surface area contributed by atoms with Crippen molar-refractivity contribution in [1.29, 1.82) is 0 Å². The summed E-state index contributed by atoms with van der Waals surface area (Å²) in [6.45, 7) is 1.10. The molecule has 3 nitrogen and oxygen atoms in total. The Kier molecular flexibility index (Phi) is 5.17. The van der Waals surface area contributed by atoms with Crippen molar-refractivity contribution in [2.45, 2.75) is 37.8 Å². The van der Waals surface area contributed by atoms with Gasteiger partial charge in [-0.1, -0.05) is 43.2 Å². The number of hydrogen-bond acceptors (Lipinski definition) is 3. The van der Waals surface area contributed by atoms with Crippen molar-refractivity contribution in [3.8, 4) is 0 Å². The molecule has 100 valence electrons. The second-order valence-electron chi connectivity index (χ2n) is 5.23. The molecule has 1 aliphatic rings. The number of aliphatic hydroxyl groups is 1. The highest BCUT2D eigenvalue weighted by Crippen LogP contribution is 2.32. The summed E-state index contributed by atoms with van der Waals surface area (Å²) >= 11 is 0. The van der Waals surface area contributed by atoms with Gasteiger partial charge in [-0.05, 0) is 24.3 Å². The van der Waals surface area contributed by atoms with E-state index in [-0.39, 0.29) is 6.04 Å². The van der Waals surface area contributed by atoms with Crippen LogP contribution in [-0.4, -0.2) is 30.5 Å². The van der Waals surface area contributed by atoms with Crippen LogP contribution in [0.3, 0.4) is 0 Å². The van der Waals surface area contributed by atoms with Gasteiger partial charge in [0.25, 0.3) is 0 Å². The molecule has 0 aliphatic heterocycles. The van der Waals surface area contributed by atoms with Gasteiger partial charge in [0.1, 0.15) is 0 Å². The van der Waals surface area contributed by atoms with Crippen LogP contribution >= 0.6 is 0 Å². The fourth-order valence-electron chi connectivity index (χ4n) is 2.01. The molecule has 0 bridgehead atoms. The third-order valence-corrected chi connectivity index (χ3v) is 3.46. The van der Waals surface area contributed by atoms with E-state index in [1.54, 1.807) is 0 Å². The number of nitrogens with two attached hydrogens (primary N) is 1. The Morgan fingerprint density at radius 1 is 1.28 bits per heavy atom. The summed E-state index contributed by atoms with van der Waals surface area (Å²) in [5.74, 6) is 0.875. The van der Waals surface area contributed by atoms with E-state index in [1.807, 2.05) is 30.3 Å². The smallest absolute Gasteiger partial charge is 0.0927 e. The lowest BCUT2D eigenvalue weighted by molar-refractivity contribution is 0.0215. The molecule has 1 aromatic rings. The molecule has 18 heavy (non-hydrogen) atoms. The Bertz CT molecular complexity index is 338. The molecule has 1 aromatic carbocycles. The largest absolute Gasteiger partial charge is 0.389 e. The molecule has 1 saturated carbocycles. The summed E-state index contributed by atoms with van der Waals surface area (Å²) in [5.41, 5.74) is 7.13. The molecule has 2 rings (SSSR count). The average molecular weight is 249 g/mol. The minimum atomic E-state index is -0.579. The fraction of sp³-hybridized carbons (Fsp3) is 0.600. The first-order valence-electron chi connectivity index (χ1n) is 6.81. The average Bonchev–Trinajstić information content (AvgIpc) is 3.19. The predicted molar refractivity (Wildman–Crippen MR) is 72.3 cm³/mol. The lowest BCUT2D eigenvalue weighted by Gasteiger charge is -2.19. The summed E-state index contributed by atoms with van der Waals surface area (Å²) in [7, 11) is 0. The van der Waals surface area contributed by atoms with Gasteiger partial charge >= 0.3 is 0 Å². The summed E-state index contributed by atoms with van der Waals surface area (Å²) in [6, 6.07) is 9.75. The molecule has 0 heterocycles. The Morgan fingerprint density at radius 2 is 2.00 bits per heavy atom. The number of aliphatic hydroxyl groups excluding tert-OH is 1. The van der Waals surface area contributed by atoms with E-state index in [9.17, 15) is 5.11 Å². The quantitative estimate of drug-likeness (QED) is 0.690. The summed E-state index contributed by atoms with van der Waals surface area (Å²) in [5, 5.41) is 9.91. The molecule has 1 aliphatic carbocycles. The van der Waals surface area contributed by atoms with Crippen molar-refractivity contribution in [2.24, 2.45) is 11.7 Å². The minimum Gasteiger partial charge on any atom is -0.389 e. The lowest BCUT2D eigenvalue weighted by Crippen LogP contribution is -2.39. The Labute approximate surface area is 109 Å². The van der Waals surface area contributed by atoms with Crippen LogP contribution in [0.1, 0.15) is 24.8 Å². The van der Waals surface area contributed by atoms with Crippen LogP contribution in [-0.2, 0) is 11.2 Å². The maximum absolute atomic E-state index is 9.91. The maximum Gasteiger partial charge on any atom is 0.0927 e. The highest BCUT2D eigenvalue weighted by Gasteiger charge is 2.21. The first-order chi connectivity index (χ1) is 8.75. The highest BCUT2D eigenvalue weighted by molar-refractivity contribution is 5.16. The molecule has 2 atom stereocenters. The molecule has 0 radical (unpaired) electrons. The van der Waals surface area contributed by atoms with Gasteiger partial charge in [0, 0.05) is 12.6 Å². The number of rotatable bonds is 8. The normalized spacial score (nSPS) is 18.6. The van der Waals surface area contributed by atoms with Gasteiger partial charge < -0.3 is 15.6 Å². The van der Waals surface area contributed by atoms with Crippen LogP contribution in [0.5, 0.6) is 0 Å². The highest BCUT2D eigenvalue weighted by atomic mass is 16.5. The lowest BCUT2D eigenvalue weighted by atomic mass is 10.0. The van der Waals surface area contributed by atoms with E-state index in [0.717, 1.165) is 24.5 Å². The van der Waals surface area contributed by atoms with Crippen LogP contribution in [0.25, 0.3) is 0 Å². The minimum absolute atomic E-state index is 0.256. The number of hydrogen-bond donors (Lipinski definition) is 2. The van der Waals surface area contributed by atoms with Crippen molar-refractivity contribution >= 4 is 0 Å². The second-order valence-corrected chi connectivity index (χ2v) is 5.23. The number of ether oxygens (including phenoxy) is 1. The fourth-order valence-corrected chi connectivity index (χ4v) is 2.01. The van der Waals surface area contributed by atoms with Crippen molar-refractivity contribution in [2.75, 3.05) is 13.2 Å². The Balaban J connectivity index is 1.62. The standard InChI is InChI=1S/C15H23NO2/c16-14(10-13-4-2-1-3-5-13)15(17)11-18-9-8-12-6-7-12/h1-5,12,14-15,17H,6-11,16H2. The van der Waals surface area contributed by atoms with Crippen LogP contribution in [0.15, 0.2) is 30.3 Å². The Morgan fingerprint density at radius 3 is 2.67 bits per heavy atom. The molecule has 1 fully saturated rings. The van der Waals surface area contributed by atoms with Gasteiger partial charge in [0.15, 0.2) is 0 Å². The maximum atomic E-state index is 9.91. The molecule has 0 saturated heterocycles. The molecule has 0 amide bonds. The summed E-state index contributed by atoms with van der Waals surface area (Å²) < 4.78 is 5.48. The van der Waals surface area contributed by atoms with Crippen molar-refractivity contribution < 1.29 is 9.84 Å². The van der Waals surface area contributed by atoms with Crippen molar-refractivity contribution in [3.05, 3.63) is 35.9 Å². The first kappa shape index (κ1) is 13.5. The van der Waals surface area contributed by atoms with E-state index >= 15 is 0 Å². The van der Waals surface area contributed by atoms with E-state index in [1.165, 1.54) is 12.8 Å². The van der Waals surface area contributed by atoms with Crippen LogP contribution in [0.4, 0.5) is 0 Å². The molecule has 0 spiro atoms. The van der Waals surface area contributed by atoms with Crippen LogP contribution in [0.2, 0.25) is 0 Å². The zero-order valence-electron chi connectivity index (χ0n) is 10.8. The van der Waals surface area contributed by atoms with E-state index in [4.69, 9.17) is 10.5 Å². The Hall–Kier alpha value is -0.900. The van der Waals surface area contributed by atoms with E-state index in [2.05, 4.69) is 0 Å². The van der Waals surface area contributed by atoms with Gasteiger partial charge in [0.05, 0.1) is 12.7 Å². The van der Waals surface area contributed by atoms with E-state index in [0.29, 0.717) is 13.0 Å². The molecule has 0 aromatic heterocycles. The second kappa shape index (κ2) is 6.88. The van der Waals surface area contributed by atoms with Crippen LogP contribution < -0.4 is 5.73 Å². The molecule has 2 unspecified atom stereocenters. The van der Waals surface area contributed by atoms with Gasteiger partial charge in [-0.3, -0.25) is 0 Å². The van der Waals surface area contributed by atoms with Gasteiger partial charge in [-0.2, -0.15) is 0 Å². The predicted octanol–water partition coefficient (Wildman–Crippen LogP) is 1.73.